The van der Waals surface area contributed by atoms with Gasteiger partial charge in [-0.3, -0.25) is 13.9 Å². The normalized spacial score (nSPS) is 17.7. The van der Waals surface area contributed by atoms with E-state index in [1.807, 2.05) is 20.0 Å². The van der Waals surface area contributed by atoms with Crippen molar-refractivity contribution in [3.8, 4) is 0 Å². The number of hydrogen-bond acceptors (Lipinski definition) is 6. The van der Waals surface area contributed by atoms with E-state index in [0.717, 1.165) is 16.9 Å². The summed E-state index contributed by atoms with van der Waals surface area (Å²) >= 11 is 0. The van der Waals surface area contributed by atoms with Gasteiger partial charge in [0.05, 0.1) is 22.6 Å². The lowest BCUT2D eigenvalue weighted by atomic mass is 10.0. The Labute approximate surface area is 201 Å². The van der Waals surface area contributed by atoms with Crippen LogP contribution in [0.25, 0.3) is 0 Å². The topological polar surface area (TPSA) is 94.1 Å². The molecule has 0 atom stereocenters. The third-order valence-corrected chi connectivity index (χ3v) is 8.18. The van der Waals surface area contributed by atoms with Gasteiger partial charge < -0.3 is 14.7 Å². The van der Waals surface area contributed by atoms with E-state index in [1.165, 1.54) is 15.3 Å². The molecule has 10 heteroatoms. The van der Waals surface area contributed by atoms with E-state index in [4.69, 9.17) is 0 Å². The van der Waals surface area contributed by atoms with Crippen molar-refractivity contribution >= 4 is 33.3 Å². The molecule has 0 unspecified atom stereocenters. The molecular formula is C24H31N5O4S. The van der Waals surface area contributed by atoms with E-state index in [9.17, 15) is 18.0 Å². The molecule has 0 saturated carbocycles. The van der Waals surface area contributed by atoms with E-state index in [2.05, 4.69) is 16.0 Å². The number of pyridine rings is 1. The Morgan fingerprint density at radius 3 is 2.26 bits per heavy atom. The number of sulfonamides is 1. The number of anilines is 2. The maximum atomic E-state index is 13.5. The Morgan fingerprint density at radius 1 is 0.971 bits per heavy atom. The zero-order valence-electron chi connectivity index (χ0n) is 20.1. The summed E-state index contributed by atoms with van der Waals surface area (Å²) in [6, 6.07) is 6.84. The molecule has 0 aliphatic carbocycles. The minimum atomic E-state index is -3.39. The van der Waals surface area contributed by atoms with Crippen LogP contribution in [0.3, 0.4) is 0 Å². The summed E-state index contributed by atoms with van der Waals surface area (Å²) in [7, 11) is -0.160. The summed E-state index contributed by atoms with van der Waals surface area (Å²) in [6.07, 6.45) is 2.39. The van der Waals surface area contributed by atoms with Crippen LogP contribution in [-0.4, -0.2) is 87.6 Å². The summed E-state index contributed by atoms with van der Waals surface area (Å²) in [5.74, 6) is 0.455. The maximum absolute atomic E-state index is 13.5. The number of amides is 2. The standard InChI is InChI=1S/C24H31N5O4S/c1-17-14-18(2)22(25-16-17)27-9-11-28(12-10-27)24(31)20-7-6-19(15-21(20)23(30)26(3)4)29-8-5-13-34(29,32)33/h6-7,14-16H,5,8-13H2,1-4H3. The highest BCUT2D eigenvalue weighted by molar-refractivity contribution is 7.93. The number of aromatic nitrogens is 1. The number of rotatable bonds is 4. The van der Waals surface area contributed by atoms with E-state index >= 15 is 0 Å². The van der Waals surface area contributed by atoms with Crippen LogP contribution in [0, 0.1) is 13.8 Å². The molecule has 2 aliphatic heterocycles. The Hall–Kier alpha value is -3.14. The Kier molecular flexibility index (Phi) is 6.53. The molecule has 2 aliphatic rings. The van der Waals surface area contributed by atoms with Gasteiger partial charge in [-0.2, -0.15) is 0 Å². The molecule has 4 rings (SSSR count). The van der Waals surface area contributed by atoms with E-state index < -0.39 is 10.0 Å². The molecule has 0 radical (unpaired) electrons. The van der Waals surface area contributed by atoms with Gasteiger partial charge in [-0.05, 0) is 49.6 Å². The van der Waals surface area contributed by atoms with Crippen LogP contribution in [0.2, 0.25) is 0 Å². The Morgan fingerprint density at radius 2 is 1.68 bits per heavy atom. The first-order chi connectivity index (χ1) is 16.1. The van der Waals surface area contributed by atoms with Gasteiger partial charge in [0, 0.05) is 53.0 Å². The van der Waals surface area contributed by atoms with Gasteiger partial charge in [0.2, 0.25) is 10.0 Å². The molecule has 1 aromatic heterocycles. The van der Waals surface area contributed by atoms with Gasteiger partial charge in [0.25, 0.3) is 11.8 Å². The van der Waals surface area contributed by atoms with Gasteiger partial charge in [-0.15, -0.1) is 0 Å². The molecule has 1 aromatic carbocycles. The molecule has 0 N–H and O–H groups in total. The fourth-order valence-electron chi connectivity index (χ4n) is 4.55. The fourth-order valence-corrected chi connectivity index (χ4v) is 6.11. The third kappa shape index (κ3) is 4.59. The lowest BCUT2D eigenvalue weighted by Gasteiger charge is -2.36. The molecule has 2 fully saturated rings. The number of nitrogens with zero attached hydrogens (tertiary/aromatic N) is 5. The second-order valence-corrected chi connectivity index (χ2v) is 11.1. The summed E-state index contributed by atoms with van der Waals surface area (Å²) in [4.78, 5) is 36.3. The molecule has 2 amide bonds. The molecule has 2 aromatic rings. The first-order valence-electron chi connectivity index (χ1n) is 11.4. The maximum Gasteiger partial charge on any atom is 0.254 e. The average molecular weight is 486 g/mol. The van der Waals surface area contributed by atoms with Crippen LogP contribution < -0.4 is 9.21 Å². The summed E-state index contributed by atoms with van der Waals surface area (Å²) in [5.41, 5.74) is 3.14. The monoisotopic (exact) mass is 485 g/mol. The lowest BCUT2D eigenvalue weighted by molar-refractivity contribution is 0.0731. The predicted molar refractivity (Wildman–Crippen MR) is 132 cm³/mol. The molecule has 3 heterocycles. The highest BCUT2D eigenvalue weighted by Crippen LogP contribution is 2.28. The molecule has 182 valence electrons. The van der Waals surface area contributed by atoms with E-state index in [1.54, 1.807) is 31.1 Å². The molecular weight excluding hydrogens is 454 g/mol. The molecule has 0 spiro atoms. The highest BCUT2D eigenvalue weighted by Gasteiger charge is 2.31. The minimum Gasteiger partial charge on any atom is -0.353 e. The zero-order valence-corrected chi connectivity index (χ0v) is 20.9. The Balaban J connectivity index is 1.57. The zero-order chi connectivity index (χ0) is 24.6. The van der Waals surface area contributed by atoms with Crippen LogP contribution >= 0.6 is 0 Å². The van der Waals surface area contributed by atoms with Gasteiger partial charge in [-0.25, -0.2) is 13.4 Å². The number of carbonyl (C=O) groups excluding carboxylic acids is 2. The van der Waals surface area contributed by atoms with Crippen molar-refractivity contribution in [2.45, 2.75) is 20.3 Å². The number of benzene rings is 1. The SMILES string of the molecule is Cc1cnc(N2CCN(C(=O)c3ccc(N4CCCS4(=O)=O)cc3C(=O)N(C)C)CC2)c(C)c1. The van der Waals surface area contributed by atoms with Crippen molar-refractivity contribution in [1.29, 1.82) is 0 Å². The lowest BCUT2D eigenvalue weighted by Crippen LogP contribution is -2.49. The fraction of sp³-hybridized carbons (Fsp3) is 0.458. The van der Waals surface area contributed by atoms with Gasteiger partial charge >= 0.3 is 0 Å². The summed E-state index contributed by atoms with van der Waals surface area (Å²) in [5, 5.41) is 0. The average Bonchev–Trinajstić information content (AvgIpc) is 3.16. The van der Waals surface area contributed by atoms with Crippen molar-refractivity contribution in [2.24, 2.45) is 0 Å². The predicted octanol–water partition coefficient (Wildman–Crippen LogP) is 1.90. The number of hydrogen-bond donors (Lipinski definition) is 0. The second kappa shape index (κ2) is 9.25. The first-order valence-corrected chi connectivity index (χ1v) is 13.0. The van der Waals surface area contributed by atoms with Crippen LogP contribution in [0.15, 0.2) is 30.5 Å². The quantitative estimate of drug-likeness (QED) is 0.657. The summed E-state index contributed by atoms with van der Waals surface area (Å²) in [6.45, 7) is 6.72. The molecule has 2 saturated heterocycles. The molecule has 9 nitrogen and oxygen atoms in total. The van der Waals surface area contributed by atoms with Crippen LogP contribution in [0.1, 0.15) is 38.3 Å². The highest BCUT2D eigenvalue weighted by atomic mass is 32.2. The van der Waals surface area contributed by atoms with Gasteiger partial charge in [-0.1, -0.05) is 6.07 Å². The van der Waals surface area contributed by atoms with E-state index in [-0.39, 0.29) is 28.7 Å². The molecule has 34 heavy (non-hydrogen) atoms. The van der Waals surface area contributed by atoms with Crippen molar-refractivity contribution in [2.75, 3.05) is 61.8 Å². The number of carbonyl (C=O) groups is 2. The van der Waals surface area contributed by atoms with Crippen LogP contribution in [0.4, 0.5) is 11.5 Å². The largest absolute Gasteiger partial charge is 0.353 e. The third-order valence-electron chi connectivity index (χ3n) is 6.31. The van der Waals surface area contributed by atoms with Crippen LogP contribution in [0.5, 0.6) is 0 Å². The minimum absolute atomic E-state index is 0.0875. The van der Waals surface area contributed by atoms with Gasteiger partial charge in [0.1, 0.15) is 5.82 Å². The Bertz CT molecular complexity index is 1220. The number of aryl methyl sites for hydroxylation is 2. The number of piperazine rings is 1. The smallest absolute Gasteiger partial charge is 0.254 e. The second-order valence-electron chi connectivity index (χ2n) is 9.10. The van der Waals surface area contributed by atoms with Crippen LogP contribution in [-0.2, 0) is 10.0 Å². The van der Waals surface area contributed by atoms with Crippen molar-refractivity contribution < 1.29 is 18.0 Å². The van der Waals surface area contributed by atoms with E-state index in [0.29, 0.717) is 44.8 Å². The van der Waals surface area contributed by atoms with Crippen molar-refractivity contribution in [3.05, 3.63) is 52.7 Å². The van der Waals surface area contributed by atoms with Crippen molar-refractivity contribution in [1.82, 2.24) is 14.8 Å². The summed E-state index contributed by atoms with van der Waals surface area (Å²) < 4.78 is 26.1. The molecule has 0 bridgehead atoms. The van der Waals surface area contributed by atoms with Gasteiger partial charge in [0.15, 0.2) is 0 Å². The first kappa shape index (κ1) is 24.0. The van der Waals surface area contributed by atoms with Crippen molar-refractivity contribution in [3.63, 3.8) is 0 Å².